The van der Waals surface area contributed by atoms with Gasteiger partial charge >= 0.3 is 0 Å². The van der Waals surface area contributed by atoms with E-state index in [2.05, 4.69) is 24.3 Å². The molecule has 3 rings (SSSR count). The molecule has 0 aliphatic rings. The molecule has 4 nitrogen and oxygen atoms in total. The molecular weight excluding hydrogens is 354 g/mol. The molecule has 0 fully saturated rings. The standard InChI is InChI=1S/C22H25N3OS/c1-16-21(17(2)25(23-16)20-11-6-5-7-12-20)14-24(3)22(26)19-10-8-9-18(13-19)15-27-4/h5-13H,14-15H2,1-4H3. The molecule has 0 N–H and O–H groups in total. The van der Waals surface area contributed by atoms with Crippen LogP contribution in [-0.4, -0.2) is 33.9 Å². The topological polar surface area (TPSA) is 38.1 Å². The van der Waals surface area contributed by atoms with Gasteiger partial charge in [-0.25, -0.2) is 4.68 Å². The maximum atomic E-state index is 12.9. The second-order valence-corrected chi connectivity index (χ2v) is 7.56. The molecule has 0 spiro atoms. The average molecular weight is 380 g/mol. The highest BCUT2D eigenvalue weighted by Gasteiger charge is 2.18. The molecule has 0 aliphatic heterocycles. The molecule has 1 aromatic heterocycles. The number of nitrogens with zero attached hydrogens (tertiary/aromatic N) is 3. The summed E-state index contributed by atoms with van der Waals surface area (Å²) >= 11 is 1.75. The fourth-order valence-corrected chi connectivity index (χ4v) is 3.73. The first-order chi connectivity index (χ1) is 13.0. The number of carbonyl (C=O) groups excluding carboxylic acids is 1. The zero-order valence-electron chi connectivity index (χ0n) is 16.3. The summed E-state index contributed by atoms with van der Waals surface area (Å²) < 4.78 is 1.95. The SMILES string of the molecule is CSCc1cccc(C(=O)N(C)Cc2c(C)nn(-c3ccccc3)c2C)c1. The van der Waals surface area contributed by atoms with E-state index in [0.29, 0.717) is 6.54 Å². The van der Waals surface area contributed by atoms with E-state index in [-0.39, 0.29) is 5.91 Å². The fourth-order valence-electron chi connectivity index (χ4n) is 3.21. The van der Waals surface area contributed by atoms with Crippen molar-refractivity contribution in [1.82, 2.24) is 14.7 Å². The van der Waals surface area contributed by atoms with Crippen molar-refractivity contribution in [3.05, 3.63) is 82.7 Å². The Bertz CT molecular complexity index is 934. The summed E-state index contributed by atoms with van der Waals surface area (Å²) in [7, 11) is 1.85. The molecule has 0 atom stereocenters. The van der Waals surface area contributed by atoms with Crippen LogP contribution in [0, 0.1) is 13.8 Å². The van der Waals surface area contributed by atoms with Gasteiger partial charge in [-0.3, -0.25) is 4.79 Å². The number of carbonyl (C=O) groups is 1. The smallest absolute Gasteiger partial charge is 0.253 e. The normalized spacial score (nSPS) is 10.8. The summed E-state index contributed by atoms with van der Waals surface area (Å²) in [4.78, 5) is 14.7. The minimum absolute atomic E-state index is 0.0317. The molecular formula is C22H25N3OS. The van der Waals surface area contributed by atoms with Crippen LogP contribution in [0.3, 0.4) is 0 Å². The first-order valence-corrected chi connectivity index (χ1v) is 10.3. The number of para-hydroxylation sites is 1. The molecule has 0 saturated heterocycles. The quantitative estimate of drug-likeness (QED) is 0.627. The largest absolute Gasteiger partial charge is 0.337 e. The summed E-state index contributed by atoms with van der Waals surface area (Å²) in [6, 6.07) is 18.0. The fraction of sp³-hybridized carbons (Fsp3) is 0.273. The monoisotopic (exact) mass is 379 g/mol. The maximum Gasteiger partial charge on any atom is 0.253 e. The maximum absolute atomic E-state index is 12.9. The number of benzene rings is 2. The summed E-state index contributed by atoms with van der Waals surface area (Å²) in [6.45, 7) is 4.59. The van der Waals surface area contributed by atoms with E-state index >= 15 is 0 Å². The molecule has 2 aromatic carbocycles. The molecule has 0 aliphatic carbocycles. The first kappa shape index (κ1) is 19.2. The summed E-state index contributed by atoms with van der Waals surface area (Å²) in [5.41, 5.74) is 6.04. The molecule has 1 heterocycles. The van der Waals surface area contributed by atoms with Crippen molar-refractivity contribution in [2.75, 3.05) is 13.3 Å². The van der Waals surface area contributed by atoms with Gasteiger partial charge in [-0.15, -0.1) is 0 Å². The van der Waals surface area contributed by atoms with E-state index in [9.17, 15) is 4.79 Å². The van der Waals surface area contributed by atoms with Gasteiger partial charge in [-0.1, -0.05) is 30.3 Å². The number of thioether (sulfide) groups is 1. The van der Waals surface area contributed by atoms with Crippen LogP contribution in [0.25, 0.3) is 5.69 Å². The van der Waals surface area contributed by atoms with Gasteiger partial charge in [0.1, 0.15) is 0 Å². The van der Waals surface area contributed by atoms with Gasteiger partial charge in [-0.2, -0.15) is 16.9 Å². The molecule has 1 amide bonds. The lowest BCUT2D eigenvalue weighted by Gasteiger charge is -2.18. The number of aryl methyl sites for hydroxylation is 1. The molecule has 27 heavy (non-hydrogen) atoms. The van der Waals surface area contributed by atoms with Gasteiger partial charge in [0, 0.05) is 36.2 Å². The Balaban J connectivity index is 1.82. The van der Waals surface area contributed by atoms with E-state index < -0.39 is 0 Å². The van der Waals surface area contributed by atoms with Gasteiger partial charge in [0.2, 0.25) is 0 Å². The Kier molecular flexibility index (Phi) is 6.01. The van der Waals surface area contributed by atoms with Gasteiger partial charge in [-0.05, 0) is 49.9 Å². The first-order valence-electron chi connectivity index (χ1n) is 8.95. The zero-order chi connectivity index (χ0) is 19.4. The summed E-state index contributed by atoms with van der Waals surface area (Å²) in [5, 5.41) is 4.68. The van der Waals surface area contributed by atoms with Crippen molar-refractivity contribution in [2.24, 2.45) is 0 Å². The van der Waals surface area contributed by atoms with Crippen LogP contribution < -0.4 is 0 Å². The lowest BCUT2D eigenvalue weighted by Crippen LogP contribution is -2.26. The van der Waals surface area contributed by atoms with Crippen LogP contribution in [0.1, 0.15) is 32.9 Å². The van der Waals surface area contributed by atoms with Gasteiger partial charge in [0.15, 0.2) is 0 Å². The van der Waals surface area contributed by atoms with Gasteiger partial charge < -0.3 is 4.90 Å². The van der Waals surface area contributed by atoms with Gasteiger partial charge in [0.05, 0.1) is 11.4 Å². The van der Waals surface area contributed by atoms with Crippen LogP contribution in [0.5, 0.6) is 0 Å². The van der Waals surface area contributed by atoms with E-state index in [4.69, 9.17) is 0 Å². The second kappa shape index (κ2) is 8.44. The van der Waals surface area contributed by atoms with Crippen LogP contribution in [0.4, 0.5) is 0 Å². The minimum Gasteiger partial charge on any atom is -0.337 e. The Morgan fingerprint density at radius 2 is 1.85 bits per heavy atom. The van der Waals surface area contributed by atoms with Crippen molar-refractivity contribution in [3.63, 3.8) is 0 Å². The third-order valence-corrected chi connectivity index (χ3v) is 5.29. The van der Waals surface area contributed by atoms with Crippen molar-refractivity contribution < 1.29 is 4.79 Å². The Labute approximate surface area is 165 Å². The minimum atomic E-state index is 0.0317. The van der Waals surface area contributed by atoms with Crippen LogP contribution in [-0.2, 0) is 12.3 Å². The predicted molar refractivity (Wildman–Crippen MR) is 112 cm³/mol. The van der Waals surface area contributed by atoms with Crippen LogP contribution >= 0.6 is 11.8 Å². The van der Waals surface area contributed by atoms with E-state index in [1.54, 1.807) is 16.7 Å². The van der Waals surface area contributed by atoms with Crippen molar-refractivity contribution in [1.29, 1.82) is 0 Å². The second-order valence-electron chi connectivity index (χ2n) is 6.69. The van der Waals surface area contributed by atoms with Crippen LogP contribution in [0.2, 0.25) is 0 Å². The molecule has 5 heteroatoms. The number of rotatable bonds is 6. The third kappa shape index (κ3) is 4.25. The van der Waals surface area contributed by atoms with E-state index in [1.807, 2.05) is 67.2 Å². The highest BCUT2D eigenvalue weighted by Crippen LogP contribution is 2.20. The van der Waals surface area contributed by atoms with Crippen LogP contribution in [0.15, 0.2) is 54.6 Å². The Morgan fingerprint density at radius 3 is 2.56 bits per heavy atom. The molecule has 0 saturated carbocycles. The van der Waals surface area contributed by atoms with E-state index in [0.717, 1.165) is 34.0 Å². The molecule has 0 bridgehead atoms. The number of aromatic nitrogens is 2. The number of hydrogen-bond donors (Lipinski definition) is 0. The Hall–Kier alpha value is -2.53. The highest BCUT2D eigenvalue weighted by molar-refractivity contribution is 7.97. The molecule has 0 unspecified atom stereocenters. The lowest BCUT2D eigenvalue weighted by atomic mass is 10.1. The van der Waals surface area contributed by atoms with Gasteiger partial charge in [0.25, 0.3) is 5.91 Å². The number of hydrogen-bond acceptors (Lipinski definition) is 3. The van der Waals surface area contributed by atoms with Crippen molar-refractivity contribution in [2.45, 2.75) is 26.1 Å². The van der Waals surface area contributed by atoms with E-state index in [1.165, 1.54) is 5.56 Å². The molecule has 0 radical (unpaired) electrons. The zero-order valence-corrected chi connectivity index (χ0v) is 17.1. The highest BCUT2D eigenvalue weighted by atomic mass is 32.2. The van der Waals surface area contributed by atoms with Crippen molar-refractivity contribution in [3.8, 4) is 5.69 Å². The third-order valence-electron chi connectivity index (χ3n) is 4.67. The lowest BCUT2D eigenvalue weighted by molar-refractivity contribution is 0.0784. The average Bonchev–Trinajstić information content (AvgIpc) is 2.96. The molecule has 140 valence electrons. The Morgan fingerprint density at radius 1 is 1.11 bits per heavy atom. The number of amides is 1. The summed E-state index contributed by atoms with van der Waals surface area (Å²) in [5.74, 6) is 0.941. The molecule has 3 aromatic rings. The predicted octanol–water partition coefficient (Wildman–Crippen LogP) is 4.62. The summed E-state index contributed by atoms with van der Waals surface area (Å²) in [6.07, 6.45) is 2.07. The van der Waals surface area contributed by atoms with Crippen molar-refractivity contribution >= 4 is 17.7 Å².